The van der Waals surface area contributed by atoms with Gasteiger partial charge in [-0.1, -0.05) is 43.6 Å². The van der Waals surface area contributed by atoms with Crippen LogP contribution in [0.25, 0.3) is 0 Å². The van der Waals surface area contributed by atoms with E-state index in [1.807, 2.05) is 39.0 Å². The van der Waals surface area contributed by atoms with Crippen LogP contribution in [0.5, 0.6) is 0 Å². The van der Waals surface area contributed by atoms with Crippen molar-refractivity contribution in [3.05, 3.63) is 28.2 Å². The molecule has 0 unspecified atom stereocenters. The van der Waals surface area contributed by atoms with Gasteiger partial charge < -0.3 is 5.32 Å². The summed E-state index contributed by atoms with van der Waals surface area (Å²) in [5.74, 6) is 0.0459. The average Bonchev–Trinajstić information content (AvgIpc) is 2.19. The van der Waals surface area contributed by atoms with Crippen LogP contribution in [0.4, 0.5) is 5.69 Å². The largest absolute Gasteiger partial charge is 0.325 e. The summed E-state index contributed by atoms with van der Waals surface area (Å²) in [7, 11) is 0. The van der Waals surface area contributed by atoms with Crippen molar-refractivity contribution in [2.24, 2.45) is 5.41 Å². The van der Waals surface area contributed by atoms with Gasteiger partial charge in [0, 0.05) is 15.6 Å². The number of hydrogen-bond donors (Lipinski definition) is 1. The molecule has 0 spiro atoms. The zero-order valence-corrected chi connectivity index (χ0v) is 11.8. The molecule has 16 heavy (non-hydrogen) atoms. The van der Waals surface area contributed by atoms with Gasteiger partial charge in [-0.05, 0) is 30.2 Å². The molecule has 88 valence electrons. The highest BCUT2D eigenvalue weighted by Crippen LogP contribution is 2.24. The minimum atomic E-state index is -0.363. The first-order valence-electron chi connectivity index (χ1n) is 5.44. The summed E-state index contributed by atoms with van der Waals surface area (Å²) in [5, 5.41) is 2.97. The lowest BCUT2D eigenvalue weighted by Gasteiger charge is -2.19. The molecule has 0 radical (unpaired) electrons. The highest BCUT2D eigenvalue weighted by Gasteiger charge is 2.21. The molecule has 1 rings (SSSR count). The van der Waals surface area contributed by atoms with Crippen molar-refractivity contribution in [2.45, 2.75) is 34.1 Å². The molecule has 0 bridgehead atoms. The number of carbonyl (C=O) groups excluding carboxylic acids is 1. The van der Waals surface area contributed by atoms with E-state index in [-0.39, 0.29) is 11.3 Å². The van der Waals surface area contributed by atoms with E-state index in [9.17, 15) is 4.79 Å². The summed E-state index contributed by atoms with van der Waals surface area (Å²) in [6.07, 6.45) is 0.902. The van der Waals surface area contributed by atoms with Crippen LogP contribution >= 0.6 is 15.9 Å². The molecule has 0 aliphatic heterocycles. The number of carbonyl (C=O) groups is 1. The summed E-state index contributed by atoms with van der Waals surface area (Å²) < 4.78 is 1.04. The molecule has 1 aromatic rings. The van der Waals surface area contributed by atoms with Crippen molar-refractivity contribution in [3.8, 4) is 0 Å². The van der Waals surface area contributed by atoms with E-state index in [2.05, 4.69) is 28.2 Å². The maximum absolute atomic E-state index is 11.9. The Bertz CT molecular complexity index is 393. The van der Waals surface area contributed by atoms with Crippen LogP contribution in [-0.2, 0) is 11.2 Å². The average molecular weight is 284 g/mol. The Morgan fingerprint density at radius 1 is 1.38 bits per heavy atom. The number of nitrogens with one attached hydrogen (secondary N) is 1. The summed E-state index contributed by atoms with van der Waals surface area (Å²) in [6.45, 7) is 7.81. The summed E-state index contributed by atoms with van der Waals surface area (Å²) >= 11 is 3.43. The third-order valence-corrected chi connectivity index (χ3v) is 2.87. The number of halogens is 1. The summed E-state index contributed by atoms with van der Waals surface area (Å²) in [6, 6.07) is 5.92. The lowest BCUT2D eigenvalue weighted by Crippen LogP contribution is -2.28. The van der Waals surface area contributed by atoms with Gasteiger partial charge in [-0.25, -0.2) is 0 Å². The normalized spacial score (nSPS) is 11.3. The Morgan fingerprint density at radius 2 is 2.00 bits per heavy atom. The maximum Gasteiger partial charge on any atom is 0.229 e. The van der Waals surface area contributed by atoms with Gasteiger partial charge in [-0.15, -0.1) is 0 Å². The van der Waals surface area contributed by atoms with Gasteiger partial charge in [-0.3, -0.25) is 4.79 Å². The fourth-order valence-corrected chi connectivity index (χ4v) is 1.70. The van der Waals surface area contributed by atoms with E-state index < -0.39 is 0 Å². The van der Waals surface area contributed by atoms with E-state index >= 15 is 0 Å². The highest BCUT2D eigenvalue weighted by atomic mass is 79.9. The number of aryl methyl sites for hydroxylation is 1. The number of amides is 1. The van der Waals surface area contributed by atoms with Crippen LogP contribution in [0.2, 0.25) is 0 Å². The van der Waals surface area contributed by atoms with Crippen molar-refractivity contribution in [1.82, 2.24) is 0 Å². The Labute approximate surface area is 106 Å². The second kappa shape index (κ2) is 5.00. The van der Waals surface area contributed by atoms with Crippen LogP contribution in [0.1, 0.15) is 33.3 Å². The molecule has 0 heterocycles. The molecule has 0 saturated carbocycles. The third kappa shape index (κ3) is 3.34. The fourth-order valence-electron chi connectivity index (χ4n) is 1.29. The number of hydrogen-bond acceptors (Lipinski definition) is 1. The van der Waals surface area contributed by atoms with Crippen LogP contribution in [-0.4, -0.2) is 5.91 Å². The number of benzene rings is 1. The third-order valence-electron chi connectivity index (χ3n) is 2.38. The van der Waals surface area contributed by atoms with Gasteiger partial charge in [0.1, 0.15) is 0 Å². The topological polar surface area (TPSA) is 29.1 Å². The molecule has 3 heteroatoms. The molecule has 1 amide bonds. The summed E-state index contributed by atoms with van der Waals surface area (Å²) in [5.41, 5.74) is 1.69. The molecule has 1 N–H and O–H groups in total. The molecule has 0 aliphatic carbocycles. The van der Waals surface area contributed by atoms with Crippen molar-refractivity contribution in [1.29, 1.82) is 0 Å². The minimum absolute atomic E-state index is 0.0459. The van der Waals surface area contributed by atoms with Crippen LogP contribution in [0.15, 0.2) is 22.7 Å². The Balaban J connectivity index is 2.93. The molecule has 0 aliphatic rings. The highest BCUT2D eigenvalue weighted by molar-refractivity contribution is 9.10. The van der Waals surface area contributed by atoms with E-state index in [1.165, 1.54) is 0 Å². The van der Waals surface area contributed by atoms with Crippen molar-refractivity contribution in [2.75, 3.05) is 5.32 Å². The first kappa shape index (κ1) is 13.2. The lowest BCUT2D eigenvalue weighted by molar-refractivity contribution is -0.123. The predicted molar refractivity (Wildman–Crippen MR) is 71.6 cm³/mol. The second-order valence-electron chi connectivity index (χ2n) is 4.86. The first-order chi connectivity index (χ1) is 7.34. The second-order valence-corrected chi connectivity index (χ2v) is 5.77. The zero-order valence-electron chi connectivity index (χ0n) is 10.2. The molecule has 0 fully saturated rings. The molecule has 1 aromatic carbocycles. The smallest absolute Gasteiger partial charge is 0.229 e. The Hall–Kier alpha value is -0.830. The van der Waals surface area contributed by atoms with Gasteiger partial charge >= 0.3 is 0 Å². The number of anilines is 1. The number of rotatable bonds is 2. The minimum Gasteiger partial charge on any atom is -0.325 e. The zero-order chi connectivity index (χ0) is 12.3. The SMILES string of the molecule is CCc1cc(Br)ccc1NC(=O)C(C)(C)C. The molecular formula is C13H18BrNO. The molecule has 0 aromatic heterocycles. The first-order valence-corrected chi connectivity index (χ1v) is 6.23. The van der Waals surface area contributed by atoms with E-state index in [0.29, 0.717) is 0 Å². The van der Waals surface area contributed by atoms with Gasteiger partial charge in [0.15, 0.2) is 0 Å². The fraction of sp³-hybridized carbons (Fsp3) is 0.462. The van der Waals surface area contributed by atoms with Crippen LogP contribution in [0.3, 0.4) is 0 Å². The van der Waals surface area contributed by atoms with Crippen molar-refractivity contribution < 1.29 is 4.79 Å². The monoisotopic (exact) mass is 283 g/mol. The Kier molecular flexibility index (Phi) is 4.14. The maximum atomic E-state index is 11.9. The Morgan fingerprint density at radius 3 is 2.50 bits per heavy atom. The standard InChI is InChI=1S/C13H18BrNO/c1-5-9-8-10(14)6-7-11(9)15-12(16)13(2,3)4/h6-8H,5H2,1-4H3,(H,15,16). The van der Waals surface area contributed by atoms with Gasteiger partial charge in [0.2, 0.25) is 5.91 Å². The molecule has 0 saturated heterocycles. The van der Waals surface area contributed by atoms with Gasteiger partial charge in [0.25, 0.3) is 0 Å². The summed E-state index contributed by atoms with van der Waals surface area (Å²) in [4.78, 5) is 11.9. The lowest BCUT2D eigenvalue weighted by atomic mass is 9.95. The predicted octanol–water partition coefficient (Wildman–Crippen LogP) is 4.00. The quantitative estimate of drug-likeness (QED) is 0.874. The van der Waals surface area contributed by atoms with Crippen molar-refractivity contribution >= 4 is 27.5 Å². The molecular weight excluding hydrogens is 266 g/mol. The van der Waals surface area contributed by atoms with Gasteiger partial charge in [-0.2, -0.15) is 0 Å². The van der Waals surface area contributed by atoms with Crippen molar-refractivity contribution in [3.63, 3.8) is 0 Å². The van der Waals surface area contributed by atoms with Crippen LogP contribution < -0.4 is 5.32 Å². The van der Waals surface area contributed by atoms with E-state index in [1.54, 1.807) is 0 Å². The molecule has 2 nitrogen and oxygen atoms in total. The van der Waals surface area contributed by atoms with E-state index in [0.717, 1.165) is 22.1 Å². The van der Waals surface area contributed by atoms with E-state index in [4.69, 9.17) is 0 Å². The van der Waals surface area contributed by atoms with Crippen LogP contribution in [0, 0.1) is 5.41 Å². The molecule has 0 atom stereocenters. The van der Waals surface area contributed by atoms with Gasteiger partial charge in [0.05, 0.1) is 0 Å².